The zero-order valence-electron chi connectivity index (χ0n) is 21.9. The summed E-state index contributed by atoms with van der Waals surface area (Å²) in [5.74, 6) is 1.04. The number of hydrogen-bond acceptors (Lipinski definition) is 7. The Kier molecular flexibility index (Phi) is 6.36. The second kappa shape index (κ2) is 9.53. The summed E-state index contributed by atoms with van der Waals surface area (Å²) in [4.78, 5) is 13.4. The summed E-state index contributed by atoms with van der Waals surface area (Å²) < 4.78 is 27.9. The van der Waals surface area contributed by atoms with Crippen LogP contribution in [0.15, 0.2) is 93.9 Å². The fourth-order valence-corrected chi connectivity index (χ4v) is 5.04. The summed E-state index contributed by atoms with van der Waals surface area (Å²) in [5.41, 5.74) is 4.29. The van der Waals surface area contributed by atoms with Crippen molar-refractivity contribution in [2.75, 3.05) is 23.7 Å². The van der Waals surface area contributed by atoms with Gasteiger partial charge in [0.2, 0.25) is 5.82 Å². The second-order valence-corrected chi connectivity index (χ2v) is 11.9. The van der Waals surface area contributed by atoms with Gasteiger partial charge in [-0.25, -0.2) is 18.4 Å². The van der Waals surface area contributed by atoms with Crippen LogP contribution in [0.1, 0.15) is 26.6 Å². The third-order valence-electron chi connectivity index (χ3n) is 5.99. The number of anilines is 2. The van der Waals surface area contributed by atoms with Gasteiger partial charge >= 0.3 is 0 Å². The van der Waals surface area contributed by atoms with Gasteiger partial charge in [-0.2, -0.15) is 5.10 Å². The SMILES string of the molecule is CN(C)c1ccc(/N=C2/C(C(C)(C)C)=Nn3nc(-c4ccc(NS(=O)(=O)c5ccccc5)cc4)nc32)cc1. The van der Waals surface area contributed by atoms with E-state index in [1.807, 2.05) is 43.3 Å². The Morgan fingerprint density at radius 2 is 1.55 bits per heavy atom. The Hall–Kier alpha value is -4.31. The molecular formula is C28H29N7O2S. The summed E-state index contributed by atoms with van der Waals surface area (Å²) in [6.07, 6.45) is 0. The molecule has 0 saturated carbocycles. The van der Waals surface area contributed by atoms with Gasteiger partial charge in [0.1, 0.15) is 5.71 Å². The highest BCUT2D eigenvalue weighted by atomic mass is 32.2. The van der Waals surface area contributed by atoms with E-state index in [1.54, 1.807) is 54.6 Å². The van der Waals surface area contributed by atoms with E-state index < -0.39 is 10.0 Å². The second-order valence-electron chi connectivity index (χ2n) is 10.2. The molecule has 10 heteroatoms. The van der Waals surface area contributed by atoms with Crippen LogP contribution in [0.5, 0.6) is 0 Å². The quantitative estimate of drug-likeness (QED) is 0.371. The standard InChI is InChI=1S/C28H29N7O2S/c1-28(2,3)25-24(29-20-15-17-22(18-16-20)34(4)5)27-30-26(32-35(27)31-25)19-11-13-21(14-12-19)33-38(36,37)23-9-7-6-8-10-23/h6-18,33H,1-5H3/b29-24-. The van der Waals surface area contributed by atoms with Gasteiger partial charge in [0.15, 0.2) is 5.82 Å². The molecule has 0 saturated heterocycles. The predicted molar refractivity (Wildman–Crippen MR) is 152 cm³/mol. The first-order valence-corrected chi connectivity index (χ1v) is 13.6. The summed E-state index contributed by atoms with van der Waals surface area (Å²) in [6, 6.07) is 23.2. The first-order chi connectivity index (χ1) is 18.0. The van der Waals surface area contributed by atoms with Crippen molar-refractivity contribution in [1.29, 1.82) is 0 Å². The van der Waals surface area contributed by atoms with Crippen LogP contribution in [0.3, 0.4) is 0 Å². The lowest BCUT2D eigenvalue weighted by molar-refractivity contribution is 0.589. The van der Waals surface area contributed by atoms with E-state index in [0.717, 1.165) is 22.6 Å². The molecule has 38 heavy (non-hydrogen) atoms. The Labute approximate surface area is 222 Å². The van der Waals surface area contributed by atoms with E-state index in [1.165, 1.54) is 4.79 Å². The molecule has 0 aliphatic carbocycles. The van der Waals surface area contributed by atoms with Gasteiger partial charge in [-0.15, -0.1) is 9.89 Å². The van der Waals surface area contributed by atoms with E-state index in [-0.39, 0.29) is 10.3 Å². The molecule has 4 aromatic rings. The van der Waals surface area contributed by atoms with Gasteiger partial charge < -0.3 is 4.90 Å². The van der Waals surface area contributed by atoms with Crippen molar-refractivity contribution in [2.45, 2.75) is 25.7 Å². The van der Waals surface area contributed by atoms with Gasteiger partial charge in [-0.3, -0.25) is 4.72 Å². The topological polar surface area (TPSA) is 105 Å². The fourth-order valence-electron chi connectivity index (χ4n) is 3.96. The normalized spacial score (nSPS) is 14.3. The summed E-state index contributed by atoms with van der Waals surface area (Å²) in [5, 5.41) is 9.32. The molecule has 0 fully saturated rings. The first kappa shape index (κ1) is 25.3. The Morgan fingerprint density at radius 1 is 0.895 bits per heavy atom. The van der Waals surface area contributed by atoms with E-state index in [2.05, 4.69) is 30.6 Å². The molecule has 0 amide bonds. The highest BCUT2D eigenvalue weighted by Crippen LogP contribution is 2.29. The highest BCUT2D eigenvalue weighted by molar-refractivity contribution is 7.92. The summed E-state index contributed by atoms with van der Waals surface area (Å²) in [6.45, 7) is 6.25. The molecule has 2 heterocycles. The van der Waals surface area contributed by atoms with E-state index >= 15 is 0 Å². The van der Waals surface area contributed by atoms with Crippen LogP contribution in [-0.4, -0.2) is 48.8 Å². The minimum Gasteiger partial charge on any atom is -0.378 e. The van der Waals surface area contributed by atoms with Crippen LogP contribution in [0, 0.1) is 5.41 Å². The Morgan fingerprint density at radius 3 is 2.16 bits per heavy atom. The zero-order valence-corrected chi connectivity index (χ0v) is 22.7. The van der Waals surface area contributed by atoms with Crippen molar-refractivity contribution in [2.24, 2.45) is 15.5 Å². The molecule has 0 spiro atoms. The fraction of sp³-hybridized carbons (Fsp3) is 0.214. The largest absolute Gasteiger partial charge is 0.378 e. The third kappa shape index (κ3) is 5.08. The number of hydrogen-bond donors (Lipinski definition) is 1. The predicted octanol–water partition coefficient (Wildman–Crippen LogP) is 5.20. The number of aromatic nitrogens is 3. The Bertz CT molecular complexity index is 1630. The van der Waals surface area contributed by atoms with Crippen molar-refractivity contribution in [3.8, 4) is 11.4 Å². The molecule has 0 atom stereocenters. The average Bonchev–Trinajstić information content (AvgIpc) is 3.44. The molecule has 1 aliphatic heterocycles. The van der Waals surface area contributed by atoms with Gasteiger partial charge in [0, 0.05) is 36.4 Å². The van der Waals surface area contributed by atoms with Crippen LogP contribution in [-0.2, 0) is 10.0 Å². The number of rotatable bonds is 6. The zero-order chi connectivity index (χ0) is 27.1. The number of fused-ring (bicyclic) bond motifs is 1. The van der Waals surface area contributed by atoms with Crippen LogP contribution < -0.4 is 9.62 Å². The molecule has 0 bridgehead atoms. The molecule has 0 radical (unpaired) electrons. The van der Waals surface area contributed by atoms with Crippen LogP contribution in [0.2, 0.25) is 0 Å². The molecular weight excluding hydrogens is 498 g/mol. The third-order valence-corrected chi connectivity index (χ3v) is 7.38. The number of benzene rings is 3. The van der Waals surface area contributed by atoms with Crippen molar-refractivity contribution in [3.05, 3.63) is 84.7 Å². The van der Waals surface area contributed by atoms with Gasteiger partial charge in [-0.05, 0) is 60.7 Å². The molecule has 194 valence electrons. The molecule has 9 nitrogen and oxygen atoms in total. The molecule has 1 aliphatic rings. The number of aliphatic imine (C=N–C) groups is 1. The summed E-state index contributed by atoms with van der Waals surface area (Å²) in [7, 11) is 0.320. The number of nitrogens with one attached hydrogen (secondary N) is 1. The average molecular weight is 528 g/mol. The molecule has 1 aromatic heterocycles. The lowest BCUT2D eigenvalue weighted by Gasteiger charge is -2.18. The van der Waals surface area contributed by atoms with Gasteiger partial charge in [0.05, 0.1) is 16.3 Å². The van der Waals surface area contributed by atoms with Crippen molar-refractivity contribution < 1.29 is 8.42 Å². The van der Waals surface area contributed by atoms with E-state index in [9.17, 15) is 8.42 Å². The molecule has 0 unspecified atom stereocenters. The van der Waals surface area contributed by atoms with Crippen LogP contribution in [0.4, 0.5) is 17.1 Å². The van der Waals surface area contributed by atoms with Crippen LogP contribution in [0.25, 0.3) is 11.4 Å². The maximum absolute atomic E-state index is 12.6. The van der Waals surface area contributed by atoms with Gasteiger partial charge in [-0.1, -0.05) is 39.0 Å². The number of nitrogens with zero attached hydrogens (tertiary/aromatic N) is 6. The van der Waals surface area contributed by atoms with Crippen LogP contribution >= 0.6 is 0 Å². The lowest BCUT2D eigenvalue weighted by Crippen LogP contribution is -2.27. The lowest BCUT2D eigenvalue weighted by atomic mass is 9.87. The summed E-state index contributed by atoms with van der Waals surface area (Å²) >= 11 is 0. The van der Waals surface area contributed by atoms with Crippen molar-refractivity contribution in [1.82, 2.24) is 14.9 Å². The molecule has 3 aromatic carbocycles. The molecule has 1 N–H and O–H groups in total. The maximum atomic E-state index is 12.6. The minimum absolute atomic E-state index is 0.201. The first-order valence-electron chi connectivity index (χ1n) is 12.1. The minimum atomic E-state index is -3.67. The maximum Gasteiger partial charge on any atom is 0.261 e. The smallest absolute Gasteiger partial charge is 0.261 e. The van der Waals surface area contributed by atoms with E-state index in [0.29, 0.717) is 23.0 Å². The van der Waals surface area contributed by atoms with E-state index in [4.69, 9.17) is 15.1 Å². The Balaban J connectivity index is 1.44. The van der Waals surface area contributed by atoms with Crippen molar-refractivity contribution in [3.63, 3.8) is 0 Å². The van der Waals surface area contributed by atoms with Gasteiger partial charge in [0.25, 0.3) is 10.0 Å². The highest BCUT2D eigenvalue weighted by Gasteiger charge is 2.34. The van der Waals surface area contributed by atoms with Crippen molar-refractivity contribution >= 4 is 38.5 Å². The monoisotopic (exact) mass is 527 g/mol. The molecule has 5 rings (SSSR count). The number of sulfonamides is 1.